The minimum atomic E-state index is -4.97. The quantitative estimate of drug-likeness (QED) is 0.622. The van der Waals surface area contributed by atoms with Crippen LogP contribution in [0.2, 0.25) is 0 Å². The van der Waals surface area contributed by atoms with Gasteiger partial charge in [-0.25, -0.2) is 9.97 Å². The van der Waals surface area contributed by atoms with Crippen molar-refractivity contribution in [3.8, 4) is 0 Å². The fourth-order valence-electron chi connectivity index (χ4n) is 0.653. The molecule has 1 aromatic heterocycles. The minimum Gasteiger partial charge on any atom is -0.233 e. The van der Waals surface area contributed by atoms with Gasteiger partial charge >= 0.3 is 12.4 Å². The second kappa shape index (κ2) is 3.10. The van der Waals surface area contributed by atoms with Crippen molar-refractivity contribution < 1.29 is 26.3 Å². The number of hydrogen-bond donors (Lipinski definition) is 0. The summed E-state index contributed by atoms with van der Waals surface area (Å²) >= 11 is 0. The predicted molar refractivity (Wildman–Crippen MR) is 32.0 cm³/mol. The molecule has 78 valence electrons. The topological polar surface area (TPSA) is 25.8 Å². The first-order chi connectivity index (χ1) is 6.21. The number of rotatable bonds is 0. The second-order valence-corrected chi connectivity index (χ2v) is 2.26. The highest BCUT2D eigenvalue weighted by Crippen LogP contribution is 2.30. The van der Waals surface area contributed by atoms with Crippen molar-refractivity contribution in [2.75, 3.05) is 0 Å². The fraction of sp³-hybridized carbons (Fsp3) is 0.333. The van der Waals surface area contributed by atoms with E-state index in [-0.39, 0.29) is 0 Å². The Kier molecular flexibility index (Phi) is 2.38. The Morgan fingerprint density at radius 3 is 1.93 bits per heavy atom. The Morgan fingerprint density at radius 1 is 0.929 bits per heavy atom. The van der Waals surface area contributed by atoms with Gasteiger partial charge in [-0.15, -0.1) is 0 Å². The molecule has 0 unspecified atom stereocenters. The molecule has 0 N–H and O–H groups in total. The molecule has 0 aromatic carbocycles. The highest BCUT2D eigenvalue weighted by atomic mass is 19.4. The lowest BCUT2D eigenvalue weighted by atomic mass is 10.4. The van der Waals surface area contributed by atoms with Crippen molar-refractivity contribution >= 4 is 0 Å². The molecule has 0 bridgehead atoms. The van der Waals surface area contributed by atoms with Gasteiger partial charge in [0, 0.05) is 6.20 Å². The van der Waals surface area contributed by atoms with E-state index in [0.717, 1.165) is 0 Å². The Bertz CT molecular complexity index is 299. The first-order valence-electron chi connectivity index (χ1n) is 3.18. The average molecular weight is 216 g/mol. The molecule has 8 heteroatoms. The maximum atomic E-state index is 11.9. The smallest absolute Gasteiger partial charge is 0.233 e. The molecule has 0 saturated heterocycles. The van der Waals surface area contributed by atoms with Gasteiger partial charge in [0.05, 0.1) is 0 Å². The zero-order valence-electron chi connectivity index (χ0n) is 6.32. The van der Waals surface area contributed by atoms with Gasteiger partial charge in [0.2, 0.25) is 5.82 Å². The third-order valence-corrected chi connectivity index (χ3v) is 1.20. The van der Waals surface area contributed by atoms with Crippen molar-refractivity contribution in [1.29, 1.82) is 0 Å². The summed E-state index contributed by atoms with van der Waals surface area (Å²) < 4.78 is 71.3. The van der Waals surface area contributed by atoms with Crippen LogP contribution in [0.15, 0.2) is 12.3 Å². The SMILES string of the molecule is FC(F)(F)c1ccnc(C(F)(F)F)n1. The van der Waals surface area contributed by atoms with Gasteiger partial charge in [0.1, 0.15) is 5.69 Å². The molecule has 1 heterocycles. The van der Waals surface area contributed by atoms with E-state index in [2.05, 4.69) is 9.97 Å². The summed E-state index contributed by atoms with van der Waals surface area (Å²) in [5.74, 6) is -1.80. The third kappa shape index (κ3) is 2.33. The first-order valence-corrected chi connectivity index (χ1v) is 3.18. The second-order valence-electron chi connectivity index (χ2n) is 2.26. The van der Waals surface area contributed by atoms with E-state index >= 15 is 0 Å². The van der Waals surface area contributed by atoms with E-state index in [1.165, 1.54) is 0 Å². The summed E-state index contributed by atoms with van der Waals surface area (Å²) in [6.07, 6.45) is -9.46. The van der Waals surface area contributed by atoms with Crippen LogP contribution in [0.1, 0.15) is 11.5 Å². The number of aromatic nitrogens is 2. The molecule has 0 atom stereocenters. The molecule has 0 spiro atoms. The summed E-state index contributed by atoms with van der Waals surface area (Å²) in [6, 6.07) is 0.370. The summed E-state index contributed by atoms with van der Waals surface area (Å²) in [5.41, 5.74) is -1.61. The molecule has 0 saturated carbocycles. The first kappa shape index (κ1) is 10.7. The molecule has 0 aliphatic rings. The lowest BCUT2D eigenvalue weighted by Gasteiger charge is -2.08. The Morgan fingerprint density at radius 2 is 1.50 bits per heavy atom. The van der Waals surface area contributed by atoms with E-state index in [1.807, 2.05) is 0 Å². The lowest BCUT2D eigenvalue weighted by Crippen LogP contribution is -2.16. The Balaban J connectivity index is 3.15. The van der Waals surface area contributed by atoms with E-state index in [9.17, 15) is 26.3 Å². The van der Waals surface area contributed by atoms with Crippen LogP contribution in [-0.2, 0) is 12.4 Å². The maximum absolute atomic E-state index is 11.9. The van der Waals surface area contributed by atoms with Crippen LogP contribution in [0, 0.1) is 0 Å². The monoisotopic (exact) mass is 216 g/mol. The van der Waals surface area contributed by atoms with Gasteiger partial charge in [0.25, 0.3) is 0 Å². The van der Waals surface area contributed by atoms with E-state index < -0.39 is 23.9 Å². The third-order valence-electron chi connectivity index (χ3n) is 1.20. The molecule has 0 aliphatic carbocycles. The van der Waals surface area contributed by atoms with Gasteiger partial charge in [-0.2, -0.15) is 26.3 Å². The number of nitrogens with zero attached hydrogens (tertiary/aromatic N) is 2. The van der Waals surface area contributed by atoms with E-state index in [1.54, 1.807) is 0 Å². The van der Waals surface area contributed by atoms with Crippen molar-refractivity contribution in [2.45, 2.75) is 12.4 Å². The Hall–Kier alpha value is -1.34. The number of halogens is 6. The molecule has 0 aliphatic heterocycles. The van der Waals surface area contributed by atoms with Gasteiger partial charge in [-0.1, -0.05) is 0 Å². The molecule has 0 amide bonds. The highest BCUT2D eigenvalue weighted by Gasteiger charge is 2.39. The van der Waals surface area contributed by atoms with Crippen molar-refractivity contribution in [2.24, 2.45) is 0 Å². The van der Waals surface area contributed by atoms with E-state index in [0.29, 0.717) is 12.3 Å². The van der Waals surface area contributed by atoms with Gasteiger partial charge in [0.15, 0.2) is 0 Å². The minimum absolute atomic E-state index is 0.370. The van der Waals surface area contributed by atoms with Crippen LogP contribution >= 0.6 is 0 Å². The van der Waals surface area contributed by atoms with Gasteiger partial charge in [-0.05, 0) is 6.07 Å². The lowest BCUT2D eigenvalue weighted by molar-refractivity contribution is -0.152. The number of hydrogen-bond acceptors (Lipinski definition) is 2. The molecule has 1 aromatic rings. The van der Waals surface area contributed by atoms with Crippen LogP contribution in [0.25, 0.3) is 0 Å². The van der Waals surface area contributed by atoms with Crippen LogP contribution in [0.3, 0.4) is 0 Å². The average Bonchev–Trinajstić information content (AvgIpc) is 2.01. The van der Waals surface area contributed by atoms with E-state index in [4.69, 9.17) is 0 Å². The molecular weight excluding hydrogens is 214 g/mol. The Labute approximate surface area is 73.6 Å². The zero-order chi connectivity index (χ0) is 11.0. The summed E-state index contributed by atoms with van der Waals surface area (Å²) in [5, 5.41) is 0. The zero-order valence-corrected chi connectivity index (χ0v) is 6.32. The summed E-state index contributed by atoms with van der Waals surface area (Å²) in [6.45, 7) is 0. The molecule has 0 radical (unpaired) electrons. The molecule has 1 rings (SSSR count). The van der Waals surface area contributed by atoms with Gasteiger partial charge < -0.3 is 0 Å². The van der Waals surface area contributed by atoms with Crippen molar-refractivity contribution in [3.05, 3.63) is 23.8 Å². The normalized spacial score (nSPS) is 13.0. The predicted octanol–water partition coefficient (Wildman–Crippen LogP) is 2.51. The number of alkyl halides is 6. The van der Waals surface area contributed by atoms with Crippen LogP contribution in [0.5, 0.6) is 0 Å². The van der Waals surface area contributed by atoms with Gasteiger partial charge in [-0.3, -0.25) is 0 Å². The summed E-state index contributed by atoms with van der Waals surface area (Å²) in [4.78, 5) is 5.04. The molecule has 14 heavy (non-hydrogen) atoms. The van der Waals surface area contributed by atoms with Crippen molar-refractivity contribution in [3.63, 3.8) is 0 Å². The van der Waals surface area contributed by atoms with Crippen LogP contribution in [0.4, 0.5) is 26.3 Å². The maximum Gasteiger partial charge on any atom is 0.451 e. The van der Waals surface area contributed by atoms with Crippen molar-refractivity contribution in [1.82, 2.24) is 9.97 Å². The fourth-order valence-corrected chi connectivity index (χ4v) is 0.653. The molecular formula is C6H2F6N2. The molecule has 0 fully saturated rings. The standard InChI is InChI=1S/C6H2F6N2/c7-5(8,9)3-1-2-13-4(14-3)6(10,11)12/h1-2H. The largest absolute Gasteiger partial charge is 0.451 e. The molecule has 2 nitrogen and oxygen atoms in total. The van der Waals surface area contributed by atoms with Crippen LogP contribution < -0.4 is 0 Å². The highest BCUT2D eigenvalue weighted by molar-refractivity contribution is 5.07. The summed E-state index contributed by atoms with van der Waals surface area (Å²) in [7, 11) is 0. The van der Waals surface area contributed by atoms with Crippen LogP contribution in [-0.4, -0.2) is 9.97 Å².